The van der Waals surface area contributed by atoms with Crippen LogP contribution in [-0.2, 0) is 0 Å². The highest BCUT2D eigenvalue weighted by Crippen LogP contribution is 2.47. The topological polar surface area (TPSA) is 13.1 Å². The van der Waals surface area contributed by atoms with Crippen LogP contribution >= 0.6 is 0 Å². The van der Waals surface area contributed by atoms with Crippen molar-refractivity contribution in [3.05, 3.63) is 157 Å². The van der Waals surface area contributed by atoms with Crippen molar-refractivity contribution < 1.29 is 8.81 Å². The maximum atomic E-state index is 13.5. The Morgan fingerprint density at radius 3 is 1.55 bits per heavy atom. The molecule has 0 aliphatic carbocycles. The van der Waals surface area contributed by atoms with Crippen molar-refractivity contribution in [3.8, 4) is 33.4 Å². The maximum Gasteiger partial charge on any atom is 0.136 e. The normalized spacial score (nSPS) is 11.8. The van der Waals surface area contributed by atoms with Gasteiger partial charge in [-0.2, -0.15) is 0 Å². The molecule has 1 nitrogen and oxygen atoms in total. The van der Waals surface area contributed by atoms with Crippen molar-refractivity contribution in [1.82, 2.24) is 0 Å². The fourth-order valence-electron chi connectivity index (χ4n) is 6.92. The van der Waals surface area contributed by atoms with Crippen molar-refractivity contribution in [2.45, 2.75) is 0 Å². The van der Waals surface area contributed by atoms with Crippen LogP contribution in [0.4, 0.5) is 4.39 Å². The Morgan fingerprint density at radius 1 is 0.386 bits per heavy atom. The molecule has 0 bridgehead atoms. The second-order valence-corrected chi connectivity index (χ2v) is 11.4. The first kappa shape index (κ1) is 24.8. The molecule has 0 fully saturated rings. The van der Waals surface area contributed by atoms with E-state index in [1.54, 1.807) is 0 Å². The SMILES string of the molecule is Fc1ccc(-c2ccc(-c3c4ccccc4c(-c4cccc5oc6cc7ccccc7cc6c45)c4ccccc34)cc2)cc1. The summed E-state index contributed by atoms with van der Waals surface area (Å²) in [6, 6.07) is 52.0. The summed E-state index contributed by atoms with van der Waals surface area (Å²) in [5, 5.41) is 9.44. The van der Waals surface area contributed by atoms with Gasteiger partial charge in [-0.3, -0.25) is 0 Å². The summed E-state index contributed by atoms with van der Waals surface area (Å²) in [6.45, 7) is 0. The molecule has 0 spiro atoms. The van der Waals surface area contributed by atoms with Gasteiger partial charge in [-0.25, -0.2) is 4.39 Å². The minimum atomic E-state index is -0.226. The van der Waals surface area contributed by atoms with E-state index in [1.165, 1.54) is 61.1 Å². The van der Waals surface area contributed by atoms with Gasteiger partial charge in [-0.1, -0.05) is 121 Å². The first-order chi connectivity index (χ1) is 21.7. The Morgan fingerprint density at radius 2 is 0.909 bits per heavy atom. The third-order valence-corrected chi connectivity index (χ3v) is 8.92. The molecule has 0 N–H and O–H groups in total. The van der Waals surface area contributed by atoms with Gasteiger partial charge in [0.05, 0.1) is 0 Å². The van der Waals surface area contributed by atoms with Crippen LogP contribution in [0.3, 0.4) is 0 Å². The molecule has 44 heavy (non-hydrogen) atoms. The second kappa shape index (κ2) is 9.65. The summed E-state index contributed by atoms with van der Waals surface area (Å²) in [5.41, 5.74) is 8.58. The van der Waals surface area contributed by atoms with E-state index in [9.17, 15) is 4.39 Å². The van der Waals surface area contributed by atoms with Crippen LogP contribution in [-0.4, -0.2) is 0 Å². The quantitative estimate of drug-likeness (QED) is 0.195. The largest absolute Gasteiger partial charge is 0.456 e. The van der Waals surface area contributed by atoms with E-state index in [1.807, 2.05) is 12.1 Å². The Labute approximate surface area is 253 Å². The van der Waals surface area contributed by atoms with E-state index in [4.69, 9.17) is 4.42 Å². The highest BCUT2D eigenvalue weighted by molar-refractivity contribution is 6.26. The van der Waals surface area contributed by atoms with Crippen LogP contribution in [0.1, 0.15) is 0 Å². The molecule has 0 radical (unpaired) electrons. The lowest BCUT2D eigenvalue weighted by Crippen LogP contribution is -1.91. The number of rotatable bonds is 3. The van der Waals surface area contributed by atoms with Crippen molar-refractivity contribution >= 4 is 54.3 Å². The molecule has 8 aromatic carbocycles. The molecule has 9 aromatic rings. The first-order valence-electron chi connectivity index (χ1n) is 14.9. The van der Waals surface area contributed by atoms with Gasteiger partial charge in [0.2, 0.25) is 0 Å². The Bertz CT molecular complexity index is 2480. The zero-order chi connectivity index (χ0) is 29.2. The first-order valence-corrected chi connectivity index (χ1v) is 14.9. The van der Waals surface area contributed by atoms with Crippen LogP contribution in [0.25, 0.3) is 87.6 Å². The van der Waals surface area contributed by atoms with Crippen LogP contribution in [0, 0.1) is 5.82 Å². The highest BCUT2D eigenvalue weighted by Gasteiger charge is 2.20. The van der Waals surface area contributed by atoms with Gasteiger partial charge in [0.1, 0.15) is 17.0 Å². The standard InChI is InChI=1S/C42H25FO/c43-31-22-20-27(21-23-31)26-16-18-28(19-17-26)40-32-10-3-5-12-34(32)41(35-13-6-4-11-33(35)40)36-14-7-15-38-42(36)37-24-29-8-1-2-9-30(29)25-39(37)44-38/h1-25H. The number of halogens is 1. The molecule has 0 aliphatic rings. The zero-order valence-electron chi connectivity index (χ0n) is 23.7. The molecule has 0 amide bonds. The molecular weight excluding hydrogens is 539 g/mol. The van der Waals surface area contributed by atoms with Crippen molar-refractivity contribution in [3.63, 3.8) is 0 Å². The Kier molecular flexibility index (Phi) is 5.45. The van der Waals surface area contributed by atoms with Crippen molar-refractivity contribution in [1.29, 1.82) is 0 Å². The smallest absolute Gasteiger partial charge is 0.136 e. The molecule has 0 saturated carbocycles. The molecule has 1 heterocycles. The average molecular weight is 565 g/mol. The van der Waals surface area contributed by atoms with Gasteiger partial charge in [-0.15, -0.1) is 0 Å². The third-order valence-electron chi connectivity index (χ3n) is 8.92. The molecule has 9 rings (SSSR count). The molecule has 0 saturated heterocycles. The van der Waals surface area contributed by atoms with E-state index in [2.05, 4.69) is 127 Å². The fourth-order valence-corrected chi connectivity index (χ4v) is 6.92. The fraction of sp³-hybridized carbons (Fsp3) is 0. The second-order valence-electron chi connectivity index (χ2n) is 11.4. The molecule has 1 aromatic heterocycles. The van der Waals surface area contributed by atoms with Crippen molar-refractivity contribution in [2.75, 3.05) is 0 Å². The lowest BCUT2D eigenvalue weighted by Gasteiger charge is -2.18. The van der Waals surface area contributed by atoms with Gasteiger partial charge < -0.3 is 4.42 Å². The van der Waals surface area contributed by atoms with E-state index in [-0.39, 0.29) is 5.82 Å². The predicted molar refractivity (Wildman–Crippen MR) is 183 cm³/mol. The van der Waals surface area contributed by atoms with E-state index in [0.29, 0.717) is 0 Å². The molecule has 0 unspecified atom stereocenters. The molecular formula is C42H25FO. The molecule has 0 aliphatic heterocycles. The van der Waals surface area contributed by atoms with Gasteiger partial charge in [0.15, 0.2) is 0 Å². The minimum Gasteiger partial charge on any atom is -0.456 e. The molecule has 206 valence electrons. The van der Waals surface area contributed by atoms with Crippen LogP contribution < -0.4 is 0 Å². The number of hydrogen-bond acceptors (Lipinski definition) is 1. The van der Waals surface area contributed by atoms with E-state index < -0.39 is 0 Å². The maximum absolute atomic E-state index is 13.5. The summed E-state index contributed by atoms with van der Waals surface area (Å²) in [5.74, 6) is -0.226. The van der Waals surface area contributed by atoms with Gasteiger partial charge in [-0.05, 0) is 96.0 Å². The monoisotopic (exact) mass is 564 g/mol. The minimum absolute atomic E-state index is 0.226. The van der Waals surface area contributed by atoms with E-state index >= 15 is 0 Å². The van der Waals surface area contributed by atoms with Crippen LogP contribution in [0.15, 0.2) is 156 Å². The number of fused-ring (bicyclic) bond motifs is 6. The molecule has 0 atom stereocenters. The lowest BCUT2D eigenvalue weighted by atomic mass is 9.84. The Hall–Kier alpha value is -5.73. The summed E-state index contributed by atoms with van der Waals surface area (Å²) < 4.78 is 20.0. The lowest BCUT2D eigenvalue weighted by molar-refractivity contribution is 0.628. The summed E-state index contributed by atoms with van der Waals surface area (Å²) in [7, 11) is 0. The average Bonchev–Trinajstić information content (AvgIpc) is 3.44. The van der Waals surface area contributed by atoms with Crippen LogP contribution in [0.2, 0.25) is 0 Å². The highest BCUT2D eigenvalue weighted by atomic mass is 19.1. The third kappa shape index (κ3) is 3.78. The van der Waals surface area contributed by atoms with Gasteiger partial charge >= 0.3 is 0 Å². The summed E-state index contributed by atoms with van der Waals surface area (Å²) >= 11 is 0. The number of furan rings is 1. The zero-order valence-corrected chi connectivity index (χ0v) is 23.7. The van der Waals surface area contributed by atoms with Gasteiger partial charge in [0.25, 0.3) is 0 Å². The van der Waals surface area contributed by atoms with Gasteiger partial charge in [0, 0.05) is 10.8 Å². The number of benzene rings is 8. The molecule has 2 heteroatoms. The van der Waals surface area contributed by atoms with Crippen molar-refractivity contribution in [2.24, 2.45) is 0 Å². The summed E-state index contributed by atoms with van der Waals surface area (Å²) in [6.07, 6.45) is 0. The Balaban J connectivity index is 1.33. The predicted octanol–water partition coefficient (Wildman–Crippen LogP) is 12.2. The van der Waals surface area contributed by atoms with Crippen LogP contribution in [0.5, 0.6) is 0 Å². The summed E-state index contributed by atoms with van der Waals surface area (Å²) in [4.78, 5) is 0. The van der Waals surface area contributed by atoms with E-state index in [0.717, 1.165) is 38.6 Å². The number of hydrogen-bond donors (Lipinski definition) is 0.